The highest BCUT2D eigenvalue weighted by molar-refractivity contribution is 6.30. The second-order valence-corrected chi connectivity index (χ2v) is 7.61. The van der Waals surface area contributed by atoms with Crippen LogP contribution in [0.2, 0.25) is 10.0 Å². The summed E-state index contributed by atoms with van der Waals surface area (Å²) in [4.78, 5) is 27.8. The van der Waals surface area contributed by atoms with E-state index < -0.39 is 17.6 Å². The topological polar surface area (TPSA) is 58.6 Å². The Balaban J connectivity index is 2.21. The zero-order valence-electron chi connectivity index (χ0n) is 15.7. The molecule has 1 heterocycles. The van der Waals surface area contributed by atoms with Gasteiger partial charge in [-0.3, -0.25) is 0 Å². The standard InChI is InChI=1S/C21H22Cl2N2O3/c1-3-4-13-25-18(14-5-9-16(22)10-6-14)21(19(26)28-2,24-20(25)27)15-7-11-17(23)12-8-15/h5-12,18H,3-4,13H2,1-2H3,(H,24,27)/t18-,21-/m1/s1. The van der Waals surface area contributed by atoms with E-state index in [9.17, 15) is 9.59 Å². The zero-order valence-corrected chi connectivity index (χ0v) is 17.3. The van der Waals surface area contributed by atoms with Crippen LogP contribution in [0.1, 0.15) is 36.9 Å². The molecular formula is C21H22Cl2N2O3. The van der Waals surface area contributed by atoms with Gasteiger partial charge in [0.1, 0.15) is 0 Å². The van der Waals surface area contributed by atoms with E-state index in [-0.39, 0.29) is 6.03 Å². The number of amides is 2. The summed E-state index contributed by atoms with van der Waals surface area (Å²) < 4.78 is 5.16. The summed E-state index contributed by atoms with van der Waals surface area (Å²) in [5.41, 5.74) is 0.00750. The number of ether oxygens (including phenoxy) is 1. The fourth-order valence-corrected chi connectivity index (χ4v) is 3.93. The molecule has 0 radical (unpaired) electrons. The van der Waals surface area contributed by atoms with E-state index in [4.69, 9.17) is 27.9 Å². The molecule has 2 amide bonds. The van der Waals surface area contributed by atoms with Crippen LogP contribution < -0.4 is 5.32 Å². The quantitative estimate of drug-likeness (QED) is 0.673. The fourth-order valence-electron chi connectivity index (χ4n) is 3.68. The summed E-state index contributed by atoms with van der Waals surface area (Å²) in [7, 11) is 1.32. The van der Waals surface area contributed by atoms with Gasteiger partial charge in [0.2, 0.25) is 0 Å². The summed E-state index contributed by atoms with van der Waals surface area (Å²) in [5, 5.41) is 4.03. The van der Waals surface area contributed by atoms with E-state index in [0.717, 1.165) is 18.4 Å². The highest BCUT2D eigenvalue weighted by atomic mass is 35.5. The van der Waals surface area contributed by atoms with Crippen molar-refractivity contribution in [2.24, 2.45) is 0 Å². The maximum Gasteiger partial charge on any atom is 0.338 e. The van der Waals surface area contributed by atoms with Crippen LogP contribution in [0.15, 0.2) is 48.5 Å². The molecule has 1 fully saturated rings. The Morgan fingerprint density at radius 2 is 1.68 bits per heavy atom. The van der Waals surface area contributed by atoms with Gasteiger partial charge in [0.15, 0.2) is 5.54 Å². The number of nitrogens with zero attached hydrogens (tertiary/aromatic N) is 1. The van der Waals surface area contributed by atoms with E-state index in [1.54, 1.807) is 41.3 Å². The minimum Gasteiger partial charge on any atom is -0.467 e. The molecule has 148 valence electrons. The molecule has 3 rings (SSSR count). The lowest BCUT2D eigenvalue weighted by Crippen LogP contribution is -2.50. The van der Waals surface area contributed by atoms with Crippen molar-refractivity contribution in [3.05, 3.63) is 69.7 Å². The van der Waals surface area contributed by atoms with Crippen LogP contribution >= 0.6 is 23.2 Å². The molecule has 2 atom stereocenters. The monoisotopic (exact) mass is 420 g/mol. The number of carbonyl (C=O) groups excluding carboxylic acids is 2. The van der Waals surface area contributed by atoms with Crippen LogP contribution in [0, 0.1) is 0 Å². The van der Waals surface area contributed by atoms with Crippen molar-refractivity contribution in [3.63, 3.8) is 0 Å². The highest BCUT2D eigenvalue weighted by Crippen LogP contribution is 2.45. The van der Waals surface area contributed by atoms with Gasteiger partial charge >= 0.3 is 12.0 Å². The predicted molar refractivity (Wildman–Crippen MR) is 109 cm³/mol. The van der Waals surface area contributed by atoms with E-state index in [1.165, 1.54) is 7.11 Å². The maximum atomic E-state index is 13.1. The number of hydrogen-bond donors (Lipinski definition) is 1. The number of esters is 1. The summed E-state index contributed by atoms with van der Waals surface area (Å²) in [6, 6.07) is 13.1. The van der Waals surface area contributed by atoms with Gasteiger partial charge in [0.05, 0.1) is 13.2 Å². The number of halogens is 2. The van der Waals surface area contributed by atoms with Gasteiger partial charge in [-0.05, 0) is 41.8 Å². The second kappa shape index (κ2) is 8.41. The third-order valence-corrected chi connectivity index (χ3v) is 5.54. The molecule has 28 heavy (non-hydrogen) atoms. The second-order valence-electron chi connectivity index (χ2n) is 6.74. The molecule has 0 spiro atoms. The van der Waals surface area contributed by atoms with Gasteiger partial charge < -0.3 is 15.0 Å². The summed E-state index contributed by atoms with van der Waals surface area (Å²) in [5.74, 6) is -0.540. The Morgan fingerprint density at radius 3 is 2.21 bits per heavy atom. The SMILES string of the molecule is CCCCN1C(=O)N[C@](C(=O)OC)(c2ccc(Cl)cc2)[C@H]1c1ccc(Cl)cc1. The van der Waals surface area contributed by atoms with Crippen LogP contribution in [0.3, 0.4) is 0 Å². The molecule has 5 nitrogen and oxygen atoms in total. The number of nitrogens with one attached hydrogen (secondary N) is 1. The molecule has 1 saturated heterocycles. The van der Waals surface area contributed by atoms with E-state index >= 15 is 0 Å². The lowest BCUT2D eigenvalue weighted by molar-refractivity contribution is -0.150. The van der Waals surface area contributed by atoms with Crippen LogP contribution in [0.25, 0.3) is 0 Å². The smallest absolute Gasteiger partial charge is 0.338 e. The molecule has 0 bridgehead atoms. The molecule has 1 aliphatic rings. The van der Waals surface area contributed by atoms with Gasteiger partial charge in [-0.1, -0.05) is 60.8 Å². The van der Waals surface area contributed by atoms with E-state index in [1.807, 2.05) is 12.1 Å². The Morgan fingerprint density at radius 1 is 1.11 bits per heavy atom. The first-order chi connectivity index (χ1) is 13.4. The molecule has 2 aromatic carbocycles. The van der Waals surface area contributed by atoms with Crippen molar-refractivity contribution in [2.45, 2.75) is 31.3 Å². The fraction of sp³-hybridized carbons (Fsp3) is 0.333. The minimum atomic E-state index is -1.39. The Kier molecular flexibility index (Phi) is 6.16. The number of hydrogen-bond acceptors (Lipinski definition) is 3. The summed E-state index contributed by atoms with van der Waals surface area (Å²) >= 11 is 12.1. The molecular weight excluding hydrogens is 399 g/mol. The van der Waals surface area contributed by atoms with E-state index in [2.05, 4.69) is 12.2 Å². The number of rotatable bonds is 6. The van der Waals surface area contributed by atoms with Crippen LogP contribution in [-0.2, 0) is 15.1 Å². The molecule has 0 aliphatic carbocycles. The third kappa shape index (κ3) is 3.56. The lowest BCUT2D eigenvalue weighted by atomic mass is 9.80. The maximum absolute atomic E-state index is 13.1. The molecule has 1 aliphatic heterocycles. The summed E-state index contributed by atoms with van der Waals surface area (Å²) in [6.45, 7) is 2.57. The predicted octanol–water partition coefficient (Wildman–Crippen LogP) is 4.93. The van der Waals surface area contributed by atoms with Gasteiger partial charge in [0, 0.05) is 16.6 Å². The molecule has 7 heteroatoms. The number of benzene rings is 2. The van der Waals surface area contributed by atoms with Gasteiger partial charge in [-0.2, -0.15) is 0 Å². The molecule has 0 unspecified atom stereocenters. The number of methoxy groups -OCH3 is 1. The molecule has 1 N–H and O–H groups in total. The van der Waals surface area contributed by atoms with Crippen molar-refractivity contribution in [1.29, 1.82) is 0 Å². The van der Waals surface area contributed by atoms with Crippen LogP contribution in [0.4, 0.5) is 4.79 Å². The Bertz CT molecular complexity index is 855. The first kappa shape index (κ1) is 20.5. The normalized spacial score (nSPS) is 21.5. The first-order valence-electron chi connectivity index (χ1n) is 9.12. The molecule has 2 aromatic rings. The van der Waals surface area contributed by atoms with Crippen molar-refractivity contribution >= 4 is 35.2 Å². The van der Waals surface area contributed by atoms with Gasteiger partial charge in [-0.15, -0.1) is 0 Å². The average molecular weight is 421 g/mol. The molecule has 0 saturated carbocycles. The van der Waals surface area contributed by atoms with Crippen molar-refractivity contribution in [3.8, 4) is 0 Å². The van der Waals surface area contributed by atoms with E-state index in [0.29, 0.717) is 22.2 Å². The number of carbonyl (C=O) groups is 2. The van der Waals surface area contributed by atoms with Crippen molar-refractivity contribution < 1.29 is 14.3 Å². The van der Waals surface area contributed by atoms with Crippen LogP contribution in [-0.4, -0.2) is 30.6 Å². The first-order valence-corrected chi connectivity index (χ1v) is 9.88. The van der Waals surface area contributed by atoms with Crippen LogP contribution in [0.5, 0.6) is 0 Å². The van der Waals surface area contributed by atoms with Gasteiger partial charge in [-0.25, -0.2) is 9.59 Å². The van der Waals surface area contributed by atoms with Crippen molar-refractivity contribution in [2.75, 3.05) is 13.7 Å². The largest absolute Gasteiger partial charge is 0.467 e. The van der Waals surface area contributed by atoms with Crippen molar-refractivity contribution in [1.82, 2.24) is 10.2 Å². The third-order valence-electron chi connectivity index (χ3n) is 5.03. The molecule has 0 aromatic heterocycles. The average Bonchev–Trinajstić information content (AvgIpc) is 3.00. The summed E-state index contributed by atoms with van der Waals surface area (Å²) in [6.07, 6.45) is 1.73. The number of unbranched alkanes of at least 4 members (excludes halogenated alkanes) is 1. The highest BCUT2D eigenvalue weighted by Gasteiger charge is 2.59. The zero-order chi connectivity index (χ0) is 20.3. The van der Waals surface area contributed by atoms with Gasteiger partial charge in [0.25, 0.3) is 0 Å². The Hall–Kier alpha value is -2.24. The number of urea groups is 1. The lowest BCUT2D eigenvalue weighted by Gasteiger charge is -2.35. The Labute approximate surface area is 174 Å². The minimum absolute atomic E-state index is 0.311.